The second-order valence-electron chi connectivity index (χ2n) is 9.46. The number of rotatable bonds is 15. The minimum absolute atomic E-state index is 0.0623. The Morgan fingerprint density at radius 3 is 2.22 bits per heavy atom. The second-order valence-corrected chi connectivity index (χ2v) is 12.6. The van der Waals surface area contributed by atoms with Crippen molar-refractivity contribution in [2.75, 3.05) is 30.3 Å². The number of benzene rings is 4. The smallest absolute Gasteiger partial charge is 0.264 e. The number of hydrazone groups is 1. The minimum atomic E-state index is -4.09. The van der Waals surface area contributed by atoms with Crippen LogP contribution in [0.2, 0.25) is 5.02 Å². The van der Waals surface area contributed by atoms with Gasteiger partial charge >= 0.3 is 0 Å². The van der Waals surface area contributed by atoms with Gasteiger partial charge in [-0.25, -0.2) is 13.8 Å². The first-order valence-electron chi connectivity index (χ1n) is 14.1. The number of anilines is 1. The molecule has 236 valence electrons. The number of hydrogen-bond acceptors (Lipinski definition) is 8. The average Bonchev–Trinajstić information content (AvgIpc) is 3.05. The van der Waals surface area contributed by atoms with Crippen molar-refractivity contribution in [1.82, 2.24) is 5.43 Å². The van der Waals surface area contributed by atoms with E-state index < -0.39 is 22.5 Å². The summed E-state index contributed by atoms with van der Waals surface area (Å²) in [6, 6.07) is 25.7. The van der Waals surface area contributed by atoms with Crippen LogP contribution in [0.3, 0.4) is 0 Å². The molecule has 0 radical (unpaired) electrons. The standard InChI is InChI=1S/C33H34ClN3O6S2/c1-4-41-28-13-11-27(12-14-28)37(45(39,40)30-17-15-29(44-3)16-18-30)22-33(38)36-35-21-25-8-19-31(32(20-25)42-5-2)43-23-24-6-9-26(34)10-7-24/h6-21H,4-5,22-23H2,1-3H3,(H,36,38)/b35-21-. The zero-order valence-corrected chi connectivity index (χ0v) is 27.5. The van der Waals surface area contributed by atoms with Crippen LogP contribution in [-0.4, -0.2) is 46.6 Å². The first-order valence-corrected chi connectivity index (χ1v) is 17.1. The summed E-state index contributed by atoms with van der Waals surface area (Å²) in [6.07, 6.45) is 3.35. The Labute approximate surface area is 273 Å². The zero-order chi connectivity index (χ0) is 32.2. The predicted molar refractivity (Wildman–Crippen MR) is 179 cm³/mol. The number of hydrogen-bond donors (Lipinski definition) is 1. The van der Waals surface area contributed by atoms with Gasteiger partial charge < -0.3 is 14.2 Å². The quantitative estimate of drug-likeness (QED) is 0.0846. The van der Waals surface area contributed by atoms with Crippen molar-refractivity contribution in [3.05, 3.63) is 107 Å². The molecule has 0 heterocycles. The molecule has 4 aromatic rings. The molecule has 45 heavy (non-hydrogen) atoms. The maximum atomic E-state index is 13.7. The molecule has 0 spiro atoms. The van der Waals surface area contributed by atoms with Crippen LogP contribution in [0.4, 0.5) is 5.69 Å². The summed E-state index contributed by atoms with van der Waals surface area (Å²) in [5.41, 5.74) is 4.34. The summed E-state index contributed by atoms with van der Waals surface area (Å²) in [5.74, 6) is 1.03. The van der Waals surface area contributed by atoms with Crippen LogP contribution in [0.15, 0.2) is 106 Å². The highest BCUT2D eigenvalue weighted by atomic mass is 35.5. The Hall–Kier alpha value is -4.19. The lowest BCUT2D eigenvalue weighted by molar-refractivity contribution is -0.119. The van der Waals surface area contributed by atoms with Gasteiger partial charge in [-0.05, 0) is 110 Å². The topological polar surface area (TPSA) is 107 Å². The number of thioether (sulfide) groups is 1. The normalized spacial score (nSPS) is 11.3. The van der Waals surface area contributed by atoms with E-state index in [9.17, 15) is 13.2 Å². The first-order chi connectivity index (χ1) is 21.7. The molecule has 0 saturated carbocycles. The average molecular weight is 668 g/mol. The molecule has 0 aliphatic rings. The maximum absolute atomic E-state index is 13.7. The van der Waals surface area contributed by atoms with E-state index in [1.54, 1.807) is 66.7 Å². The molecule has 0 unspecified atom stereocenters. The highest BCUT2D eigenvalue weighted by Crippen LogP contribution is 2.30. The van der Waals surface area contributed by atoms with E-state index in [1.807, 2.05) is 32.2 Å². The van der Waals surface area contributed by atoms with Crippen LogP contribution in [-0.2, 0) is 21.4 Å². The van der Waals surface area contributed by atoms with Crippen molar-refractivity contribution in [2.24, 2.45) is 5.10 Å². The molecule has 4 aromatic carbocycles. The van der Waals surface area contributed by atoms with Crippen molar-refractivity contribution >= 4 is 51.2 Å². The van der Waals surface area contributed by atoms with Gasteiger partial charge in [0.2, 0.25) is 0 Å². The molecule has 0 saturated heterocycles. The van der Waals surface area contributed by atoms with E-state index in [1.165, 1.54) is 30.1 Å². The number of halogens is 1. The van der Waals surface area contributed by atoms with Crippen LogP contribution in [0.5, 0.6) is 17.2 Å². The van der Waals surface area contributed by atoms with Gasteiger partial charge in [0, 0.05) is 9.92 Å². The molecule has 1 amide bonds. The van der Waals surface area contributed by atoms with Crippen molar-refractivity contribution in [1.29, 1.82) is 0 Å². The zero-order valence-electron chi connectivity index (χ0n) is 25.1. The molecule has 0 atom stereocenters. The molecule has 4 rings (SSSR count). The number of nitrogens with one attached hydrogen (secondary N) is 1. The number of nitrogens with zero attached hydrogens (tertiary/aromatic N) is 2. The van der Waals surface area contributed by atoms with Gasteiger partial charge in [0.1, 0.15) is 18.9 Å². The second kappa shape index (κ2) is 16.2. The Morgan fingerprint density at radius 1 is 0.889 bits per heavy atom. The highest BCUT2D eigenvalue weighted by Gasteiger charge is 2.27. The van der Waals surface area contributed by atoms with E-state index in [2.05, 4.69) is 10.5 Å². The summed E-state index contributed by atoms with van der Waals surface area (Å²) in [7, 11) is -4.09. The van der Waals surface area contributed by atoms with Crippen molar-refractivity contribution < 1.29 is 27.4 Å². The Morgan fingerprint density at radius 2 is 1.58 bits per heavy atom. The fraction of sp³-hybridized carbons (Fsp3) is 0.212. The lowest BCUT2D eigenvalue weighted by atomic mass is 10.2. The first kappa shape index (κ1) is 33.7. The van der Waals surface area contributed by atoms with Gasteiger partial charge in [-0.3, -0.25) is 9.10 Å². The molecule has 0 aliphatic heterocycles. The van der Waals surface area contributed by atoms with Gasteiger partial charge in [0.05, 0.1) is 30.0 Å². The summed E-state index contributed by atoms with van der Waals surface area (Å²) in [4.78, 5) is 14.0. The minimum Gasteiger partial charge on any atom is -0.494 e. The molecule has 12 heteroatoms. The number of carbonyl (C=O) groups is 1. The number of amides is 1. The highest BCUT2D eigenvalue weighted by molar-refractivity contribution is 7.98. The Balaban J connectivity index is 1.48. The predicted octanol–water partition coefficient (Wildman–Crippen LogP) is 6.78. The fourth-order valence-electron chi connectivity index (χ4n) is 4.14. The lowest BCUT2D eigenvalue weighted by Crippen LogP contribution is -2.39. The monoisotopic (exact) mass is 667 g/mol. The molecule has 9 nitrogen and oxygen atoms in total. The van der Waals surface area contributed by atoms with E-state index >= 15 is 0 Å². The third-order valence-corrected chi connectivity index (χ3v) is 9.13. The molecule has 0 bridgehead atoms. The summed E-state index contributed by atoms with van der Waals surface area (Å²) < 4.78 is 45.6. The Kier molecular flexibility index (Phi) is 12.1. The number of ether oxygens (including phenoxy) is 3. The summed E-state index contributed by atoms with van der Waals surface area (Å²) in [5, 5.41) is 4.71. The van der Waals surface area contributed by atoms with Gasteiger partial charge in [-0.2, -0.15) is 5.10 Å². The summed E-state index contributed by atoms with van der Waals surface area (Å²) >= 11 is 7.46. The van der Waals surface area contributed by atoms with Crippen molar-refractivity contribution in [3.8, 4) is 17.2 Å². The SMILES string of the molecule is CCOc1ccc(N(CC(=O)N/N=C\c2ccc(OCc3ccc(Cl)cc3)c(OCC)c2)S(=O)(=O)c2ccc(SC)cc2)cc1. The fourth-order valence-corrected chi connectivity index (χ4v) is 6.10. The number of carbonyl (C=O) groups excluding carboxylic acids is 1. The molecule has 0 aromatic heterocycles. The van der Waals surface area contributed by atoms with Crippen LogP contribution in [0.1, 0.15) is 25.0 Å². The van der Waals surface area contributed by atoms with Gasteiger partial charge in [-0.1, -0.05) is 23.7 Å². The third kappa shape index (κ3) is 9.40. The van der Waals surface area contributed by atoms with Crippen molar-refractivity contribution in [2.45, 2.75) is 30.2 Å². The molecule has 0 aliphatic carbocycles. The van der Waals surface area contributed by atoms with Gasteiger partial charge in [0.15, 0.2) is 11.5 Å². The van der Waals surface area contributed by atoms with E-state index in [4.69, 9.17) is 25.8 Å². The van der Waals surface area contributed by atoms with Crippen molar-refractivity contribution in [3.63, 3.8) is 0 Å². The van der Waals surface area contributed by atoms with E-state index in [0.29, 0.717) is 53.3 Å². The van der Waals surface area contributed by atoms with Crippen LogP contribution in [0.25, 0.3) is 0 Å². The van der Waals surface area contributed by atoms with Crippen LogP contribution >= 0.6 is 23.4 Å². The third-order valence-electron chi connectivity index (χ3n) is 6.35. The number of sulfonamides is 1. The van der Waals surface area contributed by atoms with Gasteiger partial charge in [0.25, 0.3) is 15.9 Å². The maximum Gasteiger partial charge on any atom is 0.264 e. The Bertz CT molecular complexity index is 1700. The molecule has 1 N–H and O–H groups in total. The van der Waals surface area contributed by atoms with E-state index in [-0.39, 0.29) is 4.90 Å². The lowest BCUT2D eigenvalue weighted by Gasteiger charge is -2.24. The van der Waals surface area contributed by atoms with E-state index in [0.717, 1.165) is 14.8 Å². The van der Waals surface area contributed by atoms with Crippen LogP contribution < -0.4 is 23.9 Å². The molecular weight excluding hydrogens is 634 g/mol. The van der Waals surface area contributed by atoms with Gasteiger partial charge in [-0.15, -0.1) is 11.8 Å². The molecular formula is C33H34ClN3O6S2. The largest absolute Gasteiger partial charge is 0.494 e. The molecule has 0 fully saturated rings. The summed E-state index contributed by atoms with van der Waals surface area (Å²) in [6.45, 7) is 4.44. The van der Waals surface area contributed by atoms with Crippen LogP contribution in [0, 0.1) is 0 Å².